The first-order valence-electron chi connectivity index (χ1n) is 11.8. The molecule has 0 unspecified atom stereocenters. The zero-order valence-electron chi connectivity index (χ0n) is 23.0. The molecule has 1 heterocycles. The van der Waals surface area contributed by atoms with Crippen LogP contribution in [-0.2, 0) is 16.0 Å². The van der Waals surface area contributed by atoms with E-state index in [1.165, 1.54) is 48.2 Å². The Kier molecular flexibility index (Phi) is 13.1. The number of phosphoric ester groups is 1. The van der Waals surface area contributed by atoms with Crippen LogP contribution in [0.4, 0.5) is 4.39 Å². The van der Waals surface area contributed by atoms with Gasteiger partial charge in [-0.15, -0.1) is 0 Å². The summed E-state index contributed by atoms with van der Waals surface area (Å²) >= 11 is 0. The number of carbonyl (C=O) groups is 1. The maximum absolute atomic E-state index is 15.1. The number of hydrogen-bond acceptors (Lipinski definition) is 7. The molecule has 0 aliphatic heterocycles. The van der Waals surface area contributed by atoms with Gasteiger partial charge < -0.3 is 23.3 Å². The third kappa shape index (κ3) is 8.67. The average Bonchev–Trinajstić information content (AvgIpc) is 2.91. The minimum absolute atomic E-state index is 0. The van der Waals surface area contributed by atoms with Crippen LogP contribution >= 0.6 is 7.82 Å². The fraction of sp³-hybridized carbons (Fsp3) is 0.185. The molecule has 2 N–H and O–H groups in total. The number of hydrogen-bond donors (Lipinski definition) is 2. The molecule has 41 heavy (non-hydrogen) atoms. The maximum atomic E-state index is 15.1. The van der Waals surface area contributed by atoms with Gasteiger partial charge in [-0.05, 0) is 60.5 Å². The van der Waals surface area contributed by atoms with E-state index in [0.29, 0.717) is 24.3 Å². The number of rotatable bonds is 10. The second kappa shape index (κ2) is 15.3. The number of carbonyl (C=O) groups excluding carboxylic acids is 1. The van der Waals surface area contributed by atoms with Crippen LogP contribution in [0, 0.1) is 5.82 Å². The molecule has 0 bridgehead atoms. The number of ether oxygens (including phenoxy) is 3. The summed E-state index contributed by atoms with van der Waals surface area (Å²) in [6.07, 6.45) is 2.14. The van der Waals surface area contributed by atoms with E-state index in [0.717, 1.165) is 6.07 Å². The van der Waals surface area contributed by atoms with Gasteiger partial charge in [0.1, 0.15) is 28.6 Å². The molecule has 0 amide bonds. The van der Waals surface area contributed by atoms with Gasteiger partial charge in [0.25, 0.3) is 0 Å². The topological polar surface area (TPSA) is 134 Å². The molecular weight excluding hydrogens is 578 g/mol. The van der Waals surface area contributed by atoms with E-state index < -0.39 is 31.8 Å². The number of aromatic nitrogens is 1. The predicted molar refractivity (Wildman–Crippen MR) is 152 cm³/mol. The van der Waals surface area contributed by atoms with Crippen LogP contribution in [0.1, 0.15) is 23.7 Å². The number of pyridine rings is 1. The molecule has 3 aromatic carbocycles. The second-order valence-corrected chi connectivity index (χ2v) is 9.52. The Balaban J connectivity index is 0.00000294. The summed E-state index contributed by atoms with van der Waals surface area (Å²) in [7, 11) is -3.24. The Labute approximate surface area is 279 Å². The quantitative estimate of drug-likeness (QED) is 0.156. The van der Waals surface area contributed by atoms with Crippen LogP contribution in [-0.4, -0.2) is 93.2 Å². The van der Waals surface area contributed by atoms with Gasteiger partial charge >= 0.3 is 13.8 Å². The predicted octanol–water partition coefficient (Wildman–Crippen LogP) is 4.13. The number of esters is 1. The van der Waals surface area contributed by atoms with Crippen molar-refractivity contribution in [3.63, 3.8) is 0 Å². The Morgan fingerprint density at radius 1 is 0.976 bits per heavy atom. The number of phosphoric acid groups is 1. The second-order valence-electron chi connectivity index (χ2n) is 8.35. The van der Waals surface area contributed by atoms with Crippen molar-refractivity contribution in [3.05, 3.63) is 88.5 Å². The molecule has 14 heteroatoms. The Morgan fingerprint density at radius 2 is 1.61 bits per heavy atom. The van der Waals surface area contributed by atoms with E-state index in [-0.39, 0.29) is 92.6 Å². The smallest absolute Gasteiger partial charge is 0.497 e. The van der Waals surface area contributed by atoms with Crippen molar-refractivity contribution < 1.29 is 42.3 Å². The van der Waals surface area contributed by atoms with Gasteiger partial charge in [0.05, 0.1) is 24.7 Å². The third-order valence-corrected chi connectivity index (χ3v) is 6.09. The minimum Gasteiger partial charge on any atom is -0.497 e. The van der Waals surface area contributed by atoms with E-state index in [1.54, 1.807) is 24.3 Å². The van der Waals surface area contributed by atoms with Gasteiger partial charge in [-0.2, -0.15) is 0 Å². The van der Waals surface area contributed by atoms with Crippen molar-refractivity contribution in [2.75, 3.05) is 13.7 Å². The van der Waals surface area contributed by atoms with Crippen molar-refractivity contribution >= 4 is 83.8 Å². The maximum Gasteiger partial charge on any atom is 0.524 e. The zero-order valence-corrected chi connectivity index (χ0v) is 27.9. The molecule has 0 fully saturated rings. The first-order valence-corrected chi connectivity index (χ1v) is 13.3. The first-order chi connectivity index (χ1) is 18.6. The molecule has 0 atom stereocenters. The van der Waals surface area contributed by atoms with Gasteiger partial charge in [0.15, 0.2) is 12.2 Å². The minimum atomic E-state index is -4.75. The molecule has 4 rings (SSSR count). The molecular formula is C27H25FNNa2O9P. The van der Waals surface area contributed by atoms with E-state index in [2.05, 4.69) is 4.52 Å². The van der Waals surface area contributed by atoms with Crippen molar-refractivity contribution in [1.82, 2.24) is 4.57 Å². The standard InChI is InChI=1S/C27H25FNO9P.2Na/c1-3-14-36-23-13-12-22(28)24-25(23)29(15-21(26(24)30)17-4-8-19(35-2)9-5-17)16-37-27(31)18-6-10-20(11-7-18)38-39(32,33)34;;/h4-13,15H,3,14,16H2,1-2H3,(H2,32,33,34);;. The van der Waals surface area contributed by atoms with Crippen LogP contribution in [0.25, 0.3) is 22.0 Å². The van der Waals surface area contributed by atoms with Gasteiger partial charge in [-0.3, -0.25) is 14.6 Å². The number of benzene rings is 3. The normalized spacial score (nSPS) is 10.8. The largest absolute Gasteiger partial charge is 0.524 e. The van der Waals surface area contributed by atoms with Gasteiger partial charge in [0, 0.05) is 70.9 Å². The van der Waals surface area contributed by atoms with Gasteiger partial charge in [0.2, 0.25) is 0 Å². The molecule has 0 saturated carbocycles. The summed E-state index contributed by atoms with van der Waals surface area (Å²) in [5.74, 6) is -0.837. The zero-order chi connectivity index (χ0) is 28.2. The molecule has 0 saturated heterocycles. The molecule has 4 aromatic rings. The molecule has 2 radical (unpaired) electrons. The van der Waals surface area contributed by atoms with Crippen molar-refractivity contribution in [3.8, 4) is 28.4 Å². The van der Waals surface area contributed by atoms with Crippen LogP contribution < -0.4 is 19.4 Å². The Bertz CT molecular complexity index is 1610. The summed E-state index contributed by atoms with van der Waals surface area (Å²) < 4.78 is 48.4. The molecule has 206 valence electrons. The van der Waals surface area contributed by atoms with E-state index in [4.69, 9.17) is 24.0 Å². The molecule has 0 aliphatic carbocycles. The van der Waals surface area contributed by atoms with E-state index in [9.17, 15) is 14.2 Å². The summed E-state index contributed by atoms with van der Waals surface area (Å²) in [5, 5.41) is -0.216. The molecule has 0 spiro atoms. The van der Waals surface area contributed by atoms with Crippen LogP contribution in [0.5, 0.6) is 17.2 Å². The van der Waals surface area contributed by atoms with Gasteiger partial charge in [-0.1, -0.05) is 19.1 Å². The van der Waals surface area contributed by atoms with Crippen molar-refractivity contribution in [1.29, 1.82) is 0 Å². The molecule has 0 aliphatic rings. The first kappa shape index (κ1) is 35.0. The average molecular weight is 603 g/mol. The van der Waals surface area contributed by atoms with Crippen LogP contribution in [0.2, 0.25) is 0 Å². The fourth-order valence-corrected chi connectivity index (χ4v) is 4.27. The van der Waals surface area contributed by atoms with Crippen molar-refractivity contribution in [2.24, 2.45) is 0 Å². The SMILES string of the molecule is CCCOc1ccc(F)c2c(=O)c(-c3ccc(OC)cc3)cn(COC(=O)c3ccc(OP(=O)(O)O)cc3)c12.[Na].[Na]. The van der Waals surface area contributed by atoms with Crippen LogP contribution in [0.3, 0.4) is 0 Å². The summed E-state index contributed by atoms with van der Waals surface area (Å²) in [5.41, 5.74) is 0.318. The van der Waals surface area contributed by atoms with E-state index in [1.807, 2.05) is 6.92 Å². The summed E-state index contributed by atoms with van der Waals surface area (Å²) in [6, 6.07) is 14.2. The Morgan fingerprint density at radius 3 is 2.20 bits per heavy atom. The van der Waals surface area contributed by atoms with Crippen LogP contribution in [0.15, 0.2) is 71.7 Å². The van der Waals surface area contributed by atoms with Gasteiger partial charge in [-0.25, -0.2) is 13.8 Å². The number of halogens is 1. The third-order valence-electron chi connectivity index (χ3n) is 5.65. The number of methoxy groups -OCH3 is 1. The number of nitrogens with zero attached hydrogens (tertiary/aromatic N) is 1. The van der Waals surface area contributed by atoms with E-state index >= 15 is 4.39 Å². The monoisotopic (exact) mass is 603 g/mol. The Hall–Kier alpha value is -2.18. The van der Waals surface area contributed by atoms with Crippen molar-refractivity contribution in [2.45, 2.75) is 20.1 Å². The summed E-state index contributed by atoms with van der Waals surface area (Å²) in [4.78, 5) is 44.1. The molecule has 10 nitrogen and oxygen atoms in total. The molecule has 1 aromatic heterocycles. The fourth-order valence-electron chi connectivity index (χ4n) is 3.87. The number of fused-ring (bicyclic) bond motifs is 1. The summed E-state index contributed by atoms with van der Waals surface area (Å²) in [6.45, 7) is 1.82.